The van der Waals surface area contributed by atoms with Crippen LogP contribution in [0.25, 0.3) is 0 Å². The Morgan fingerprint density at radius 2 is 2.19 bits per heavy atom. The lowest BCUT2D eigenvalue weighted by Gasteiger charge is -2.32. The molecular weight excluding hydrogens is 351 g/mol. The van der Waals surface area contributed by atoms with Crippen LogP contribution in [0.3, 0.4) is 0 Å². The van der Waals surface area contributed by atoms with Gasteiger partial charge in [0, 0.05) is 25.7 Å². The van der Waals surface area contributed by atoms with Crippen molar-refractivity contribution in [1.82, 2.24) is 9.55 Å². The first-order chi connectivity index (χ1) is 13.1. The van der Waals surface area contributed by atoms with E-state index in [1.54, 1.807) is 16.7 Å². The van der Waals surface area contributed by atoms with Gasteiger partial charge in [-0.05, 0) is 30.5 Å². The Bertz CT molecular complexity index is 960. The van der Waals surface area contributed by atoms with Crippen LogP contribution in [-0.4, -0.2) is 34.9 Å². The summed E-state index contributed by atoms with van der Waals surface area (Å²) in [5, 5.41) is 12.3. The van der Waals surface area contributed by atoms with E-state index in [2.05, 4.69) is 10.3 Å². The molecule has 1 N–H and O–H groups in total. The third-order valence-corrected chi connectivity index (χ3v) is 5.08. The van der Waals surface area contributed by atoms with Crippen LogP contribution in [0.2, 0.25) is 0 Å². The lowest BCUT2D eigenvalue weighted by atomic mass is 9.91. The number of fused-ring (bicyclic) bond motifs is 1. The molecule has 8 heteroatoms. The smallest absolute Gasteiger partial charge is 0.352 e. The molecule has 0 bridgehead atoms. The van der Waals surface area contributed by atoms with Gasteiger partial charge in [0.1, 0.15) is 17.7 Å². The molecule has 0 radical (unpaired) electrons. The van der Waals surface area contributed by atoms with Crippen LogP contribution in [-0.2, 0) is 17.7 Å². The largest absolute Gasteiger partial charge is 0.477 e. The summed E-state index contributed by atoms with van der Waals surface area (Å²) >= 11 is 0. The van der Waals surface area contributed by atoms with E-state index in [1.807, 2.05) is 6.07 Å². The summed E-state index contributed by atoms with van der Waals surface area (Å²) in [6.07, 6.45) is 2.16. The summed E-state index contributed by atoms with van der Waals surface area (Å²) in [6, 6.07) is 7.93. The zero-order chi connectivity index (χ0) is 18.9. The molecule has 0 atom stereocenters. The number of rotatable bonds is 4. The highest BCUT2D eigenvalue weighted by molar-refractivity contribution is 5.46. The Labute approximate surface area is 155 Å². The van der Waals surface area contributed by atoms with Gasteiger partial charge in [-0.3, -0.25) is 4.57 Å². The van der Waals surface area contributed by atoms with Crippen molar-refractivity contribution in [2.75, 3.05) is 25.1 Å². The standard InChI is InChI=1S/C19H19FN4O3/c20-15-2-1-13(9-14(15)11-21)3-6-27-17-10-16-23-19(4-7-26-8-5-19)12-24(16)18(25)22-17/h1-2,9-10,23H,3-8,12H2. The highest BCUT2D eigenvalue weighted by Gasteiger charge is 2.39. The highest BCUT2D eigenvalue weighted by Crippen LogP contribution is 2.33. The SMILES string of the molecule is N#Cc1cc(CCOc2cc3n(c(=O)n2)CC2(CCOCC2)N3)ccc1F. The molecular formula is C19H19FN4O3. The molecule has 1 saturated heterocycles. The van der Waals surface area contributed by atoms with E-state index in [0.717, 1.165) is 18.4 Å². The minimum absolute atomic E-state index is 0.00681. The first-order valence-corrected chi connectivity index (χ1v) is 8.88. The maximum atomic E-state index is 13.4. The molecule has 0 aliphatic carbocycles. The quantitative estimate of drug-likeness (QED) is 0.884. The van der Waals surface area contributed by atoms with Crippen molar-refractivity contribution >= 4 is 5.82 Å². The van der Waals surface area contributed by atoms with Crippen molar-refractivity contribution in [2.45, 2.75) is 31.3 Å². The number of hydrogen-bond acceptors (Lipinski definition) is 6. The molecule has 2 aromatic rings. The maximum absolute atomic E-state index is 13.4. The van der Waals surface area contributed by atoms with Gasteiger partial charge >= 0.3 is 5.69 Å². The van der Waals surface area contributed by atoms with Crippen LogP contribution in [0.1, 0.15) is 24.0 Å². The monoisotopic (exact) mass is 370 g/mol. The fraction of sp³-hybridized carbons (Fsp3) is 0.421. The van der Waals surface area contributed by atoms with Gasteiger partial charge in [0.25, 0.3) is 0 Å². The molecule has 0 amide bonds. The summed E-state index contributed by atoms with van der Waals surface area (Å²) in [5.41, 5.74) is 0.302. The van der Waals surface area contributed by atoms with E-state index < -0.39 is 5.82 Å². The van der Waals surface area contributed by atoms with Gasteiger partial charge < -0.3 is 14.8 Å². The zero-order valence-electron chi connectivity index (χ0n) is 14.7. The Hall–Kier alpha value is -2.92. The molecule has 2 aliphatic rings. The Morgan fingerprint density at radius 1 is 1.37 bits per heavy atom. The van der Waals surface area contributed by atoms with E-state index in [9.17, 15) is 9.18 Å². The fourth-order valence-electron chi connectivity index (χ4n) is 3.56. The van der Waals surface area contributed by atoms with Crippen LogP contribution in [0.4, 0.5) is 10.2 Å². The number of nitrogens with one attached hydrogen (secondary N) is 1. The number of nitrogens with zero attached hydrogens (tertiary/aromatic N) is 3. The van der Waals surface area contributed by atoms with Crippen LogP contribution in [0.5, 0.6) is 5.88 Å². The summed E-state index contributed by atoms with van der Waals surface area (Å²) in [6.45, 7) is 2.21. The highest BCUT2D eigenvalue weighted by atomic mass is 19.1. The molecule has 3 heterocycles. The zero-order valence-corrected chi connectivity index (χ0v) is 14.7. The van der Waals surface area contributed by atoms with Crippen molar-refractivity contribution in [1.29, 1.82) is 5.26 Å². The molecule has 1 spiro atoms. The van der Waals surface area contributed by atoms with E-state index in [1.165, 1.54) is 12.1 Å². The molecule has 27 heavy (non-hydrogen) atoms. The Balaban J connectivity index is 1.43. The molecule has 0 unspecified atom stereocenters. The second kappa shape index (κ2) is 7.00. The third kappa shape index (κ3) is 3.51. The second-order valence-corrected chi connectivity index (χ2v) is 6.89. The topological polar surface area (TPSA) is 89.2 Å². The minimum Gasteiger partial charge on any atom is -0.477 e. The van der Waals surface area contributed by atoms with Gasteiger partial charge in [-0.2, -0.15) is 10.2 Å². The van der Waals surface area contributed by atoms with Crippen LogP contribution < -0.4 is 15.7 Å². The molecule has 1 aromatic heterocycles. The van der Waals surface area contributed by atoms with E-state index >= 15 is 0 Å². The molecule has 4 rings (SSSR count). The summed E-state index contributed by atoms with van der Waals surface area (Å²) in [7, 11) is 0. The Morgan fingerprint density at radius 3 is 2.96 bits per heavy atom. The van der Waals surface area contributed by atoms with E-state index in [-0.39, 0.29) is 29.3 Å². The molecule has 1 fully saturated rings. The molecule has 0 saturated carbocycles. The van der Waals surface area contributed by atoms with Crippen LogP contribution in [0.15, 0.2) is 29.1 Å². The summed E-state index contributed by atoms with van der Waals surface area (Å²) in [5.74, 6) is 0.425. The maximum Gasteiger partial charge on any atom is 0.352 e. The number of hydrogen-bond donors (Lipinski definition) is 1. The lowest BCUT2D eigenvalue weighted by molar-refractivity contribution is 0.0587. The van der Waals surface area contributed by atoms with Crippen molar-refractivity contribution < 1.29 is 13.9 Å². The fourth-order valence-corrected chi connectivity index (χ4v) is 3.56. The number of halogens is 1. The van der Waals surface area contributed by atoms with Gasteiger partial charge in [0.05, 0.1) is 24.3 Å². The summed E-state index contributed by atoms with van der Waals surface area (Å²) < 4.78 is 26.0. The van der Waals surface area contributed by atoms with Gasteiger partial charge in [0.15, 0.2) is 0 Å². The normalized spacial score (nSPS) is 17.2. The second-order valence-electron chi connectivity index (χ2n) is 6.89. The van der Waals surface area contributed by atoms with Gasteiger partial charge in [-0.1, -0.05) is 6.07 Å². The van der Waals surface area contributed by atoms with Crippen molar-refractivity contribution in [3.63, 3.8) is 0 Å². The van der Waals surface area contributed by atoms with Crippen LogP contribution in [0, 0.1) is 17.1 Å². The average Bonchev–Trinajstić information content (AvgIpc) is 3.02. The number of nitriles is 1. The van der Waals surface area contributed by atoms with E-state index in [0.29, 0.717) is 32.0 Å². The van der Waals surface area contributed by atoms with Crippen LogP contribution >= 0.6 is 0 Å². The van der Waals surface area contributed by atoms with Crippen molar-refractivity contribution in [3.05, 3.63) is 51.7 Å². The number of ether oxygens (including phenoxy) is 2. The molecule has 2 aliphatic heterocycles. The average molecular weight is 370 g/mol. The predicted octanol–water partition coefficient (Wildman–Crippen LogP) is 1.85. The van der Waals surface area contributed by atoms with Gasteiger partial charge in [-0.15, -0.1) is 0 Å². The number of anilines is 1. The van der Waals surface area contributed by atoms with E-state index in [4.69, 9.17) is 14.7 Å². The Kier molecular flexibility index (Phi) is 4.54. The lowest BCUT2D eigenvalue weighted by Crippen LogP contribution is -2.43. The predicted molar refractivity (Wildman–Crippen MR) is 95.2 cm³/mol. The molecule has 7 nitrogen and oxygen atoms in total. The van der Waals surface area contributed by atoms with Gasteiger partial charge in [-0.25, -0.2) is 9.18 Å². The molecule has 1 aromatic carbocycles. The minimum atomic E-state index is -0.538. The van der Waals surface area contributed by atoms with Crippen molar-refractivity contribution in [2.24, 2.45) is 0 Å². The summed E-state index contributed by atoms with van der Waals surface area (Å²) in [4.78, 5) is 16.3. The van der Waals surface area contributed by atoms with Gasteiger partial charge in [0.2, 0.25) is 5.88 Å². The van der Waals surface area contributed by atoms with Crippen molar-refractivity contribution in [3.8, 4) is 11.9 Å². The first-order valence-electron chi connectivity index (χ1n) is 8.88. The number of benzene rings is 1. The first kappa shape index (κ1) is 17.5. The number of aromatic nitrogens is 2. The molecule has 140 valence electrons. The third-order valence-electron chi connectivity index (χ3n) is 5.08.